The molecule has 26 heavy (non-hydrogen) atoms. The number of carbonyl (C=O) groups excluding carboxylic acids is 1. The minimum absolute atomic E-state index is 0.194. The highest BCUT2D eigenvalue weighted by molar-refractivity contribution is 5.91. The molecule has 0 spiro atoms. The lowest BCUT2D eigenvalue weighted by Gasteiger charge is -2.09. The van der Waals surface area contributed by atoms with Crippen molar-refractivity contribution in [3.63, 3.8) is 0 Å². The van der Waals surface area contributed by atoms with E-state index in [4.69, 9.17) is 9.15 Å². The van der Waals surface area contributed by atoms with Crippen molar-refractivity contribution in [1.29, 1.82) is 0 Å². The molecule has 0 atom stereocenters. The van der Waals surface area contributed by atoms with E-state index >= 15 is 0 Å². The second-order valence-corrected chi connectivity index (χ2v) is 6.48. The van der Waals surface area contributed by atoms with E-state index in [2.05, 4.69) is 16.3 Å². The van der Waals surface area contributed by atoms with Crippen molar-refractivity contribution in [1.82, 2.24) is 10.2 Å². The van der Waals surface area contributed by atoms with E-state index < -0.39 is 0 Å². The first-order valence-corrected chi connectivity index (χ1v) is 8.75. The third-order valence-corrected chi connectivity index (χ3v) is 4.06. The molecule has 0 unspecified atom stereocenters. The van der Waals surface area contributed by atoms with Crippen molar-refractivity contribution in [2.75, 3.05) is 27.2 Å². The van der Waals surface area contributed by atoms with E-state index in [-0.39, 0.29) is 12.5 Å². The van der Waals surface area contributed by atoms with Crippen LogP contribution in [0.1, 0.15) is 22.7 Å². The Morgan fingerprint density at radius 3 is 2.69 bits per heavy atom. The standard InChI is InChI=1S/C21H24N2O3/c1-23(2)13-5-12-22-21(24)20-11-10-19(26-20)15-25-18-9-8-16-6-3-4-7-17(16)14-18/h3-4,6-11,14H,5,12-13,15H2,1-2H3,(H,22,24). The normalized spacial score (nSPS) is 11.0. The first-order valence-electron chi connectivity index (χ1n) is 8.75. The highest BCUT2D eigenvalue weighted by Gasteiger charge is 2.11. The number of furan rings is 1. The molecule has 0 radical (unpaired) electrons. The summed E-state index contributed by atoms with van der Waals surface area (Å²) in [6.45, 7) is 1.84. The van der Waals surface area contributed by atoms with Crippen LogP contribution in [0.5, 0.6) is 5.75 Å². The lowest BCUT2D eigenvalue weighted by molar-refractivity contribution is 0.0920. The number of rotatable bonds is 8. The number of fused-ring (bicyclic) bond motifs is 1. The van der Waals surface area contributed by atoms with Crippen LogP contribution in [0.25, 0.3) is 10.8 Å². The maximum absolute atomic E-state index is 12.1. The largest absolute Gasteiger partial charge is 0.486 e. The Morgan fingerprint density at radius 2 is 1.88 bits per heavy atom. The summed E-state index contributed by atoms with van der Waals surface area (Å²) in [4.78, 5) is 14.1. The second-order valence-electron chi connectivity index (χ2n) is 6.48. The van der Waals surface area contributed by atoms with Crippen LogP contribution in [-0.2, 0) is 6.61 Å². The minimum atomic E-state index is -0.194. The number of hydrogen-bond acceptors (Lipinski definition) is 4. The molecule has 0 bridgehead atoms. The number of amides is 1. The molecule has 0 aliphatic rings. The van der Waals surface area contributed by atoms with Gasteiger partial charge in [-0.15, -0.1) is 0 Å². The van der Waals surface area contributed by atoms with Crippen molar-refractivity contribution in [2.24, 2.45) is 0 Å². The maximum atomic E-state index is 12.1. The average molecular weight is 352 g/mol. The summed E-state index contributed by atoms with van der Waals surface area (Å²) in [5.74, 6) is 1.51. The molecule has 0 saturated heterocycles. The number of nitrogens with one attached hydrogen (secondary N) is 1. The Kier molecular flexibility index (Phi) is 5.92. The second kappa shape index (κ2) is 8.54. The zero-order chi connectivity index (χ0) is 18.4. The zero-order valence-corrected chi connectivity index (χ0v) is 15.2. The quantitative estimate of drug-likeness (QED) is 0.628. The van der Waals surface area contributed by atoms with Gasteiger partial charge in [-0.1, -0.05) is 30.3 Å². The van der Waals surface area contributed by atoms with Gasteiger partial charge in [0, 0.05) is 6.54 Å². The number of nitrogens with zero attached hydrogens (tertiary/aromatic N) is 1. The Hall–Kier alpha value is -2.79. The lowest BCUT2D eigenvalue weighted by Crippen LogP contribution is -2.26. The predicted octanol–water partition coefficient (Wildman–Crippen LogP) is 3.69. The van der Waals surface area contributed by atoms with Gasteiger partial charge in [0.2, 0.25) is 0 Å². The maximum Gasteiger partial charge on any atom is 0.286 e. The van der Waals surface area contributed by atoms with Gasteiger partial charge in [-0.3, -0.25) is 4.79 Å². The molecule has 1 aromatic heterocycles. The smallest absolute Gasteiger partial charge is 0.286 e. The molecule has 0 aliphatic carbocycles. The van der Waals surface area contributed by atoms with Gasteiger partial charge >= 0.3 is 0 Å². The Labute approximate surface area is 153 Å². The van der Waals surface area contributed by atoms with Gasteiger partial charge in [0.15, 0.2) is 5.76 Å². The lowest BCUT2D eigenvalue weighted by atomic mass is 10.1. The van der Waals surface area contributed by atoms with Gasteiger partial charge in [0.25, 0.3) is 5.91 Å². The molecule has 3 rings (SSSR count). The Morgan fingerprint density at radius 1 is 1.08 bits per heavy atom. The van der Waals surface area contributed by atoms with Gasteiger partial charge in [-0.2, -0.15) is 0 Å². The third kappa shape index (κ3) is 4.86. The van der Waals surface area contributed by atoms with Gasteiger partial charge in [0.05, 0.1) is 0 Å². The van der Waals surface area contributed by atoms with E-state index in [9.17, 15) is 4.79 Å². The van der Waals surface area contributed by atoms with E-state index in [1.54, 1.807) is 12.1 Å². The SMILES string of the molecule is CN(C)CCCNC(=O)c1ccc(COc2ccc3ccccc3c2)o1. The first-order chi connectivity index (χ1) is 12.6. The molecule has 2 aromatic carbocycles. The monoisotopic (exact) mass is 352 g/mol. The molecular formula is C21H24N2O3. The van der Waals surface area contributed by atoms with Crippen LogP contribution in [0.4, 0.5) is 0 Å². The van der Waals surface area contributed by atoms with E-state index in [0.717, 1.165) is 24.1 Å². The molecule has 1 N–H and O–H groups in total. The van der Waals surface area contributed by atoms with E-state index in [1.807, 2.05) is 50.5 Å². The molecular weight excluding hydrogens is 328 g/mol. The van der Waals surface area contributed by atoms with Crippen LogP contribution in [0.2, 0.25) is 0 Å². The molecule has 0 fully saturated rings. The van der Waals surface area contributed by atoms with Crippen LogP contribution >= 0.6 is 0 Å². The summed E-state index contributed by atoms with van der Waals surface area (Å²) in [7, 11) is 4.02. The highest BCUT2D eigenvalue weighted by Crippen LogP contribution is 2.21. The van der Waals surface area contributed by atoms with Crippen molar-refractivity contribution < 1.29 is 13.9 Å². The molecule has 5 nitrogen and oxygen atoms in total. The number of hydrogen-bond donors (Lipinski definition) is 1. The Bertz CT molecular complexity index is 870. The van der Waals surface area contributed by atoms with E-state index in [1.165, 1.54) is 5.39 Å². The first kappa shape index (κ1) is 18.0. The van der Waals surface area contributed by atoms with Crippen LogP contribution in [0, 0.1) is 0 Å². The van der Waals surface area contributed by atoms with E-state index in [0.29, 0.717) is 18.1 Å². The van der Waals surface area contributed by atoms with Gasteiger partial charge in [0.1, 0.15) is 18.1 Å². The van der Waals surface area contributed by atoms with Crippen molar-refractivity contribution in [2.45, 2.75) is 13.0 Å². The van der Waals surface area contributed by atoms with Crippen molar-refractivity contribution in [3.05, 3.63) is 66.1 Å². The summed E-state index contributed by atoms with van der Waals surface area (Å²) < 4.78 is 11.4. The third-order valence-electron chi connectivity index (χ3n) is 4.06. The van der Waals surface area contributed by atoms with Gasteiger partial charge in [-0.25, -0.2) is 0 Å². The summed E-state index contributed by atoms with van der Waals surface area (Å²) in [5.41, 5.74) is 0. The summed E-state index contributed by atoms with van der Waals surface area (Å²) in [6, 6.07) is 17.5. The topological polar surface area (TPSA) is 54.7 Å². The minimum Gasteiger partial charge on any atom is -0.486 e. The number of ether oxygens (including phenoxy) is 1. The highest BCUT2D eigenvalue weighted by atomic mass is 16.5. The van der Waals surface area contributed by atoms with Crippen LogP contribution in [-0.4, -0.2) is 38.0 Å². The van der Waals surface area contributed by atoms with Crippen LogP contribution in [0.15, 0.2) is 59.0 Å². The van der Waals surface area contributed by atoms with Gasteiger partial charge < -0.3 is 19.4 Å². The van der Waals surface area contributed by atoms with Crippen molar-refractivity contribution in [3.8, 4) is 5.75 Å². The van der Waals surface area contributed by atoms with Gasteiger partial charge in [-0.05, 0) is 62.1 Å². The van der Waals surface area contributed by atoms with Crippen LogP contribution in [0.3, 0.4) is 0 Å². The number of carbonyl (C=O) groups is 1. The summed E-state index contributed by atoms with van der Waals surface area (Å²) in [6.07, 6.45) is 0.900. The molecule has 136 valence electrons. The van der Waals surface area contributed by atoms with Crippen LogP contribution < -0.4 is 10.1 Å². The number of benzene rings is 2. The molecule has 0 aliphatic heterocycles. The molecule has 5 heteroatoms. The zero-order valence-electron chi connectivity index (χ0n) is 15.2. The van der Waals surface area contributed by atoms with Crippen molar-refractivity contribution >= 4 is 16.7 Å². The molecule has 3 aromatic rings. The molecule has 1 heterocycles. The average Bonchev–Trinajstić information content (AvgIpc) is 3.12. The predicted molar refractivity (Wildman–Crippen MR) is 102 cm³/mol. The fourth-order valence-electron chi connectivity index (χ4n) is 2.67. The summed E-state index contributed by atoms with van der Waals surface area (Å²) >= 11 is 0. The fourth-order valence-corrected chi connectivity index (χ4v) is 2.67. The summed E-state index contributed by atoms with van der Waals surface area (Å²) in [5, 5.41) is 5.16. The molecule has 1 amide bonds. The Balaban J connectivity index is 1.52. The molecule has 0 saturated carbocycles. The fraction of sp³-hybridized carbons (Fsp3) is 0.286.